The second kappa shape index (κ2) is 13.9. The molecule has 2 heterocycles. The number of benzene rings is 9. The molecule has 0 N–H and O–H groups in total. The van der Waals surface area contributed by atoms with Crippen LogP contribution in [0.5, 0.6) is 0 Å². The SMILES string of the molecule is Cc1ccc(N(c2ccc3c4c(ccc3c2)-c2ccc(N(c3ccc(C(F)(F)F)cc3)c3cccc5c3oc3ccccc35)cc2C4(C)C)c2cccc3c2oc2ccccc23)cc1. The zero-order chi connectivity index (χ0) is 43.5. The van der Waals surface area contributed by atoms with Gasteiger partial charge in [0.15, 0.2) is 11.2 Å². The summed E-state index contributed by atoms with van der Waals surface area (Å²) in [7, 11) is 0. The molecule has 2 aromatic heterocycles. The minimum absolute atomic E-state index is 0.435. The molecular weight excluding hydrogens is 802 g/mol. The molecule has 0 saturated heterocycles. The first-order valence-electron chi connectivity index (χ1n) is 21.4. The molecule has 1 aliphatic rings. The number of hydrogen-bond donors (Lipinski definition) is 0. The van der Waals surface area contributed by atoms with Crippen molar-refractivity contribution in [2.24, 2.45) is 0 Å². The summed E-state index contributed by atoms with van der Waals surface area (Å²) >= 11 is 0. The van der Waals surface area contributed by atoms with E-state index in [1.54, 1.807) is 0 Å². The van der Waals surface area contributed by atoms with Crippen LogP contribution in [0.15, 0.2) is 191 Å². The van der Waals surface area contributed by atoms with Gasteiger partial charge >= 0.3 is 6.18 Å². The first-order valence-corrected chi connectivity index (χ1v) is 21.4. The quantitative estimate of drug-likeness (QED) is 0.167. The van der Waals surface area contributed by atoms with Gasteiger partial charge in [-0.15, -0.1) is 0 Å². The van der Waals surface area contributed by atoms with Crippen molar-refractivity contribution in [2.75, 3.05) is 9.80 Å². The summed E-state index contributed by atoms with van der Waals surface area (Å²) < 4.78 is 54.7. The number of rotatable bonds is 6. The Hall–Kier alpha value is -7.77. The smallest absolute Gasteiger partial charge is 0.416 e. The lowest BCUT2D eigenvalue weighted by atomic mass is 9.80. The van der Waals surface area contributed by atoms with E-state index in [1.165, 1.54) is 23.3 Å². The van der Waals surface area contributed by atoms with E-state index in [0.29, 0.717) is 11.3 Å². The van der Waals surface area contributed by atoms with Crippen LogP contribution in [0.3, 0.4) is 0 Å². The predicted molar refractivity (Wildman–Crippen MR) is 255 cm³/mol. The van der Waals surface area contributed by atoms with Crippen LogP contribution in [0.2, 0.25) is 0 Å². The van der Waals surface area contributed by atoms with Crippen molar-refractivity contribution in [2.45, 2.75) is 32.4 Å². The van der Waals surface area contributed by atoms with Crippen LogP contribution in [0.1, 0.15) is 36.1 Å². The molecule has 9 aromatic carbocycles. The van der Waals surface area contributed by atoms with Crippen molar-refractivity contribution >= 4 is 88.8 Å². The van der Waals surface area contributed by atoms with E-state index in [0.717, 1.165) is 106 Å². The zero-order valence-electron chi connectivity index (χ0n) is 35.2. The normalized spacial score (nSPS) is 13.3. The van der Waals surface area contributed by atoms with Crippen molar-refractivity contribution in [3.05, 3.63) is 204 Å². The molecule has 0 bridgehead atoms. The van der Waals surface area contributed by atoms with Crippen molar-refractivity contribution in [1.82, 2.24) is 0 Å². The number of aryl methyl sites for hydroxylation is 1. The van der Waals surface area contributed by atoms with E-state index in [4.69, 9.17) is 8.83 Å². The molecule has 0 spiro atoms. The van der Waals surface area contributed by atoms with Crippen LogP contribution in [0, 0.1) is 6.92 Å². The summed E-state index contributed by atoms with van der Waals surface area (Å²) in [5, 5.41) is 6.31. The third-order valence-corrected chi connectivity index (χ3v) is 13.1. The number of anilines is 6. The maximum Gasteiger partial charge on any atom is 0.416 e. The number of hydrogen-bond acceptors (Lipinski definition) is 4. The summed E-state index contributed by atoms with van der Waals surface area (Å²) in [5.74, 6) is 0. The minimum Gasteiger partial charge on any atom is -0.454 e. The number of fused-ring (bicyclic) bond motifs is 11. The van der Waals surface area contributed by atoms with Crippen LogP contribution in [0.25, 0.3) is 65.8 Å². The number of halogens is 3. The zero-order valence-corrected chi connectivity index (χ0v) is 35.2. The van der Waals surface area contributed by atoms with Gasteiger partial charge in [0, 0.05) is 49.7 Å². The highest BCUT2D eigenvalue weighted by atomic mass is 19.4. The minimum atomic E-state index is -4.46. The second-order valence-electron chi connectivity index (χ2n) is 17.3. The van der Waals surface area contributed by atoms with Crippen molar-refractivity contribution in [3.8, 4) is 11.1 Å². The van der Waals surface area contributed by atoms with Gasteiger partial charge in [-0.3, -0.25) is 0 Å². The molecule has 1 aliphatic carbocycles. The second-order valence-corrected chi connectivity index (χ2v) is 17.3. The monoisotopic (exact) mass is 840 g/mol. The van der Waals surface area contributed by atoms with E-state index >= 15 is 0 Å². The number of alkyl halides is 3. The Kier molecular flexibility index (Phi) is 8.22. The molecule has 0 amide bonds. The van der Waals surface area contributed by atoms with Gasteiger partial charge < -0.3 is 18.6 Å². The summed E-state index contributed by atoms with van der Waals surface area (Å²) in [6.45, 7) is 6.62. The Bertz CT molecular complexity index is 3650. The summed E-state index contributed by atoms with van der Waals surface area (Å²) in [6.07, 6.45) is -4.46. The Morgan fingerprint density at radius 3 is 1.55 bits per heavy atom. The van der Waals surface area contributed by atoms with Crippen LogP contribution in [0.4, 0.5) is 47.3 Å². The van der Waals surface area contributed by atoms with E-state index in [1.807, 2.05) is 65.6 Å². The average Bonchev–Trinajstić information content (AvgIpc) is 3.95. The highest BCUT2D eigenvalue weighted by molar-refractivity contribution is 6.12. The van der Waals surface area contributed by atoms with Crippen LogP contribution < -0.4 is 9.80 Å². The largest absolute Gasteiger partial charge is 0.454 e. The summed E-state index contributed by atoms with van der Waals surface area (Å²) in [4.78, 5) is 4.29. The van der Waals surface area contributed by atoms with E-state index in [9.17, 15) is 13.2 Å². The predicted octanol–water partition coefficient (Wildman–Crippen LogP) is 17.2. The fraction of sp³-hybridized carbons (Fsp3) is 0.0877. The van der Waals surface area contributed by atoms with Crippen molar-refractivity contribution in [3.63, 3.8) is 0 Å². The molecule has 64 heavy (non-hydrogen) atoms. The Balaban J connectivity index is 0.994. The molecule has 0 aliphatic heterocycles. The fourth-order valence-electron chi connectivity index (χ4n) is 10.1. The molecule has 7 heteroatoms. The highest BCUT2D eigenvalue weighted by Crippen LogP contribution is 2.54. The van der Waals surface area contributed by atoms with E-state index in [2.05, 4.69) is 123 Å². The van der Waals surface area contributed by atoms with Gasteiger partial charge in [0.1, 0.15) is 11.2 Å². The summed E-state index contributed by atoms with van der Waals surface area (Å²) in [6, 6.07) is 59.9. The van der Waals surface area contributed by atoms with Gasteiger partial charge in [-0.1, -0.05) is 116 Å². The number of para-hydroxylation sites is 4. The van der Waals surface area contributed by atoms with E-state index in [-0.39, 0.29) is 0 Å². The Labute approximate surface area is 367 Å². The van der Waals surface area contributed by atoms with Gasteiger partial charge in [-0.25, -0.2) is 0 Å². The van der Waals surface area contributed by atoms with Crippen molar-refractivity contribution in [1.29, 1.82) is 0 Å². The molecule has 12 rings (SSSR count). The molecule has 310 valence electrons. The third kappa shape index (κ3) is 5.77. The topological polar surface area (TPSA) is 32.8 Å². The summed E-state index contributed by atoms with van der Waals surface area (Å²) in [5.41, 5.74) is 12.9. The Morgan fingerprint density at radius 2 is 0.953 bits per heavy atom. The maximum atomic E-state index is 13.9. The molecule has 0 saturated carbocycles. The van der Waals surface area contributed by atoms with E-state index < -0.39 is 17.2 Å². The number of nitrogens with zero attached hydrogens (tertiary/aromatic N) is 2. The Morgan fingerprint density at radius 1 is 0.453 bits per heavy atom. The first-order chi connectivity index (χ1) is 31.0. The third-order valence-electron chi connectivity index (χ3n) is 13.1. The molecule has 0 atom stereocenters. The molecule has 4 nitrogen and oxygen atoms in total. The number of furan rings is 2. The van der Waals surface area contributed by atoms with Crippen LogP contribution in [-0.2, 0) is 11.6 Å². The maximum absolute atomic E-state index is 13.9. The fourth-order valence-corrected chi connectivity index (χ4v) is 10.1. The molecule has 0 unspecified atom stereocenters. The van der Waals surface area contributed by atoms with Gasteiger partial charge in [-0.05, 0) is 125 Å². The van der Waals surface area contributed by atoms with Crippen molar-refractivity contribution < 1.29 is 22.0 Å². The first kappa shape index (κ1) is 37.9. The van der Waals surface area contributed by atoms with Crippen LogP contribution >= 0.6 is 0 Å². The van der Waals surface area contributed by atoms with Crippen LogP contribution in [-0.4, -0.2) is 0 Å². The molecule has 0 radical (unpaired) electrons. The molecule has 0 fully saturated rings. The molecule has 11 aromatic rings. The van der Waals surface area contributed by atoms with Gasteiger partial charge in [0.25, 0.3) is 0 Å². The van der Waals surface area contributed by atoms with Gasteiger partial charge in [-0.2, -0.15) is 13.2 Å². The highest BCUT2D eigenvalue weighted by Gasteiger charge is 2.38. The van der Waals surface area contributed by atoms with Gasteiger partial charge in [0.2, 0.25) is 0 Å². The van der Waals surface area contributed by atoms with Gasteiger partial charge in [0.05, 0.1) is 16.9 Å². The lowest BCUT2D eigenvalue weighted by Crippen LogP contribution is -2.17. The lowest BCUT2D eigenvalue weighted by molar-refractivity contribution is -0.137. The lowest BCUT2D eigenvalue weighted by Gasteiger charge is -2.29. The standard InChI is InChI=1S/C57H39F3N2O2/c1-34-18-23-37(24-19-34)61(49-14-8-12-46-43-10-4-6-16-51(43)63-54(46)49)39-27-30-41-35(32-39)20-29-45-42-31-28-40(33-48(42)56(2,3)53(41)45)62(38-25-21-36(22-26-38)57(58,59)60)50-15-9-13-47-44-11-5-7-17-52(44)64-55(47)50/h4-33H,1-3H3. The molecular formula is C57H39F3N2O2. The average molecular weight is 841 g/mol.